The van der Waals surface area contributed by atoms with Gasteiger partial charge in [0.1, 0.15) is 0 Å². The number of halogens is 4. The molecule has 2 aromatic carbocycles. The van der Waals surface area contributed by atoms with Gasteiger partial charge in [-0.2, -0.15) is 0 Å². The third-order valence-corrected chi connectivity index (χ3v) is 7.00. The Morgan fingerprint density at radius 1 is 1.04 bits per heavy atom. The van der Waals surface area contributed by atoms with Gasteiger partial charge in [-0.3, -0.25) is 4.21 Å². The molecule has 144 valence electrons. The van der Waals surface area contributed by atoms with Crippen molar-refractivity contribution in [2.45, 2.75) is 29.5 Å². The van der Waals surface area contributed by atoms with E-state index in [0.29, 0.717) is 32.9 Å². The molecule has 0 amide bonds. The SMILES string of the molecule is Cl.O=S(c1c(Cl)cccc1Cl)C(CCc1ccc(Cl)cc1)Cn1ccnc1. The summed E-state index contributed by atoms with van der Waals surface area (Å²) >= 11 is 18.5. The zero-order chi connectivity index (χ0) is 18.5. The summed E-state index contributed by atoms with van der Waals surface area (Å²) in [5.41, 5.74) is 1.15. The molecule has 1 aromatic heterocycles. The summed E-state index contributed by atoms with van der Waals surface area (Å²) < 4.78 is 15.2. The van der Waals surface area contributed by atoms with Crippen LogP contribution in [0.2, 0.25) is 15.1 Å². The number of benzene rings is 2. The molecule has 8 heteroatoms. The maximum atomic E-state index is 13.3. The summed E-state index contributed by atoms with van der Waals surface area (Å²) in [4.78, 5) is 4.56. The molecular formula is C19H18Cl4N2OS. The second-order valence-electron chi connectivity index (χ2n) is 5.89. The van der Waals surface area contributed by atoms with Gasteiger partial charge in [-0.1, -0.05) is 53.0 Å². The molecule has 0 fully saturated rings. The third kappa shape index (κ3) is 5.97. The highest BCUT2D eigenvalue weighted by Crippen LogP contribution is 2.31. The van der Waals surface area contributed by atoms with Crippen LogP contribution in [0.1, 0.15) is 12.0 Å². The largest absolute Gasteiger partial charge is 0.336 e. The quantitative estimate of drug-likeness (QED) is 0.425. The normalized spacial score (nSPS) is 13.0. The van der Waals surface area contributed by atoms with Gasteiger partial charge in [0.05, 0.1) is 37.3 Å². The highest BCUT2D eigenvalue weighted by molar-refractivity contribution is 7.86. The first-order valence-corrected chi connectivity index (χ1v) is 10.4. The fraction of sp³-hybridized carbons (Fsp3) is 0.211. The molecule has 0 saturated carbocycles. The van der Waals surface area contributed by atoms with Gasteiger partial charge in [0, 0.05) is 24.0 Å². The van der Waals surface area contributed by atoms with E-state index in [1.807, 2.05) is 35.0 Å². The van der Waals surface area contributed by atoms with Gasteiger partial charge >= 0.3 is 0 Å². The fourth-order valence-corrected chi connectivity index (χ4v) is 5.19. The van der Waals surface area contributed by atoms with E-state index >= 15 is 0 Å². The molecule has 0 aliphatic carbocycles. The van der Waals surface area contributed by atoms with E-state index in [9.17, 15) is 4.21 Å². The highest BCUT2D eigenvalue weighted by Gasteiger charge is 2.23. The predicted molar refractivity (Wildman–Crippen MR) is 116 cm³/mol. The van der Waals surface area contributed by atoms with Gasteiger partial charge < -0.3 is 4.57 Å². The van der Waals surface area contributed by atoms with Crippen molar-refractivity contribution in [1.82, 2.24) is 9.55 Å². The van der Waals surface area contributed by atoms with Crippen molar-refractivity contribution >= 4 is 58.0 Å². The number of hydrogen-bond donors (Lipinski definition) is 0. The monoisotopic (exact) mass is 462 g/mol. The van der Waals surface area contributed by atoms with Gasteiger partial charge in [0.15, 0.2) is 0 Å². The van der Waals surface area contributed by atoms with Crippen molar-refractivity contribution in [3.63, 3.8) is 0 Å². The van der Waals surface area contributed by atoms with Crippen LogP contribution < -0.4 is 0 Å². The van der Waals surface area contributed by atoms with Crippen molar-refractivity contribution in [2.24, 2.45) is 0 Å². The maximum Gasteiger partial charge on any atom is 0.0946 e. The minimum Gasteiger partial charge on any atom is -0.336 e. The lowest BCUT2D eigenvalue weighted by Gasteiger charge is -2.19. The molecular weight excluding hydrogens is 446 g/mol. The number of imidazole rings is 1. The zero-order valence-corrected chi connectivity index (χ0v) is 18.1. The number of aryl methyl sites for hydroxylation is 1. The second-order valence-corrected chi connectivity index (χ2v) is 8.82. The van der Waals surface area contributed by atoms with Gasteiger partial charge in [-0.25, -0.2) is 4.98 Å². The van der Waals surface area contributed by atoms with Crippen LogP contribution in [0.25, 0.3) is 0 Å². The Bertz CT molecular complexity index is 865. The Balaban J connectivity index is 0.00000261. The average Bonchev–Trinajstić information content (AvgIpc) is 3.13. The van der Waals surface area contributed by atoms with E-state index in [-0.39, 0.29) is 17.7 Å². The molecule has 3 aromatic rings. The topological polar surface area (TPSA) is 34.9 Å². The molecule has 0 aliphatic rings. The Hall–Kier alpha value is -1.04. The van der Waals surface area contributed by atoms with Crippen LogP contribution in [0.4, 0.5) is 0 Å². The Kier molecular flexibility index (Phi) is 8.64. The molecule has 3 nitrogen and oxygen atoms in total. The zero-order valence-electron chi connectivity index (χ0n) is 14.2. The molecule has 0 radical (unpaired) electrons. The number of rotatable bonds is 7. The van der Waals surface area contributed by atoms with Crippen molar-refractivity contribution in [3.05, 3.63) is 81.8 Å². The minimum atomic E-state index is -1.35. The Morgan fingerprint density at radius 3 is 2.30 bits per heavy atom. The third-order valence-electron chi connectivity index (χ3n) is 4.06. The van der Waals surface area contributed by atoms with E-state index in [2.05, 4.69) is 4.98 Å². The molecule has 0 saturated heterocycles. The number of hydrogen-bond acceptors (Lipinski definition) is 2. The van der Waals surface area contributed by atoms with Crippen molar-refractivity contribution < 1.29 is 4.21 Å². The van der Waals surface area contributed by atoms with E-state index < -0.39 is 10.8 Å². The summed E-state index contributed by atoms with van der Waals surface area (Å²) in [5, 5.41) is 1.41. The smallest absolute Gasteiger partial charge is 0.0946 e. The first-order chi connectivity index (χ1) is 12.5. The van der Waals surface area contributed by atoms with E-state index in [1.165, 1.54) is 0 Å². The predicted octanol–water partition coefficient (Wildman–Crippen LogP) is 6.07. The first kappa shape index (κ1) is 22.3. The van der Waals surface area contributed by atoms with Crippen LogP contribution in [-0.2, 0) is 23.8 Å². The molecule has 3 rings (SSSR count). The number of nitrogens with zero attached hydrogens (tertiary/aromatic N) is 2. The summed E-state index contributed by atoms with van der Waals surface area (Å²) in [6.07, 6.45) is 6.79. The van der Waals surface area contributed by atoms with Crippen LogP contribution in [-0.4, -0.2) is 19.0 Å². The lowest BCUT2D eigenvalue weighted by atomic mass is 10.1. The lowest BCUT2D eigenvalue weighted by Crippen LogP contribution is -2.23. The van der Waals surface area contributed by atoms with E-state index in [0.717, 1.165) is 12.0 Å². The van der Waals surface area contributed by atoms with Crippen molar-refractivity contribution in [1.29, 1.82) is 0 Å². The standard InChI is InChI=1S/C19H17Cl3N2OS.ClH/c20-15-7-4-14(5-8-15)6-9-16(12-24-11-10-23-13-24)26(25)19-17(21)2-1-3-18(19)22;/h1-5,7-8,10-11,13,16H,6,9,12H2;1H. The molecule has 27 heavy (non-hydrogen) atoms. The summed E-state index contributed by atoms with van der Waals surface area (Å²) in [5.74, 6) is 0. The van der Waals surface area contributed by atoms with Gasteiger partial charge in [0.2, 0.25) is 0 Å². The van der Waals surface area contributed by atoms with E-state index in [4.69, 9.17) is 34.8 Å². The fourth-order valence-electron chi connectivity index (χ4n) is 2.72. The van der Waals surface area contributed by atoms with Crippen molar-refractivity contribution in [2.75, 3.05) is 0 Å². The highest BCUT2D eigenvalue weighted by atomic mass is 35.5. The summed E-state index contributed by atoms with van der Waals surface area (Å²) in [6.45, 7) is 0.571. The molecule has 0 spiro atoms. The molecule has 1 heterocycles. The summed E-state index contributed by atoms with van der Waals surface area (Å²) in [7, 11) is -1.35. The first-order valence-electron chi connectivity index (χ1n) is 8.09. The second kappa shape index (κ2) is 10.5. The minimum absolute atomic E-state index is 0. The molecule has 0 N–H and O–H groups in total. The maximum absolute atomic E-state index is 13.3. The van der Waals surface area contributed by atoms with Crippen LogP contribution >= 0.6 is 47.2 Å². The van der Waals surface area contributed by atoms with Gasteiger partial charge in [0.25, 0.3) is 0 Å². The van der Waals surface area contributed by atoms with Crippen LogP contribution in [0.15, 0.2) is 66.1 Å². The van der Waals surface area contributed by atoms with E-state index in [1.54, 1.807) is 30.7 Å². The average molecular weight is 464 g/mol. The molecule has 0 bridgehead atoms. The molecule has 2 atom stereocenters. The van der Waals surface area contributed by atoms with Gasteiger partial charge in [-0.05, 0) is 42.7 Å². The molecule has 0 aliphatic heterocycles. The molecule has 2 unspecified atom stereocenters. The lowest BCUT2D eigenvalue weighted by molar-refractivity contribution is 0.594. The van der Waals surface area contributed by atoms with Crippen LogP contribution in [0.5, 0.6) is 0 Å². The van der Waals surface area contributed by atoms with Crippen molar-refractivity contribution in [3.8, 4) is 0 Å². The van der Waals surface area contributed by atoms with Gasteiger partial charge in [-0.15, -0.1) is 12.4 Å². The summed E-state index contributed by atoms with van der Waals surface area (Å²) in [6, 6.07) is 12.9. The van der Waals surface area contributed by atoms with Crippen LogP contribution in [0, 0.1) is 0 Å². The Morgan fingerprint density at radius 2 is 1.70 bits per heavy atom. The van der Waals surface area contributed by atoms with Crippen LogP contribution in [0.3, 0.4) is 0 Å². The Labute approximate surface area is 182 Å². The number of aromatic nitrogens is 2.